The van der Waals surface area contributed by atoms with Gasteiger partial charge < -0.3 is 15.2 Å². The fourth-order valence-electron chi connectivity index (χ4n) is 1.81. The molecule has 1 rings (SSSR count). The summed E-state index contributed by atoms with van der Waals surface area (Å²) >= 11 is 0. The van der Waals surface area contributed by atoms with Crippen molar-refractivity contribution in [3.8, 4) is 5.75 Å². The Labute approximate surface area is 125 Å². The lowest BCUT2D eigenvalue weighted by atomic mass is 10.1. The summed E-state index contributed by atoms with van der Waals surface area (Å²) in [5.41, 5.74) is 2.24. The fourth-order valence-corrected chi connectivity index (χ4v) is 1.81. The van der Waals surface area contributed by atoms with E-state index in [1.165, 1.54) is 6.92 Å². The molecule has 2 N–H and O–H groups in total. The van der Waals surface area contributed by atoms with Crippen LogP contribution in [0, 0.1) is 13.8 Å². The molecule has 0 saturated heterocycles. The molecule has 0 spiro atoms. The first-order valence-corrected chi connectivity index (χ1v) is 7.12. The molecule has 0 aliphatic rings. The van der Waals surface area contributed by atoms with E-state index in [1.807, 2.05) is 32.0 Å². The molecule has 5 heteroatoms. The van der Waals surface area contributed by atoms with Gasteiger partial charge in [0.15, 0.2) is 0 Å². The zero-order valence-corrected chi connectivity index (χ0v) is 12.8. The van der Waals surface area contributed by atoms with Crippen LogP contribution in [0.3, 0.4) is 0 Å². The standard InChI is InChI=1S/C16H23NO4/c1-11-7-8-12(2)14(10-11)21-9-5-4-6-15(18)17-13(3)16(19)20/h7-8,10,13H,4-6,9H2,1-3H3,(H,17,18)(H,19,20)/t13-/m0/s1. The summed E-state index contributed by atoms with van der Waals surface area (Å²) in [6.45, 7) is 6.01. The van der Waals surface area contributed by atoms with Crippen LogP contribution >= 0.6 is 0 Å². The molecule has 0 saturated carbocycles. The molecule has 0 radical (unpaired) electrons. The number of carbonyl (C=O) groups is 2. The maximum Gasteiger partial charge on any atom is 0.325 e. The lowest BCUT2D eigenvalue weighted by molar-refractivity contribution is -0.141. The molecule has 21 heavy (non-hydrogen) atoms. The van der Waals surface area contributed by atoms with E-state index in [0.717, 1.165) is 23.3 Å². The Morgan fingerprint density at radius 3 is 2.67 bits per heavy atom. The molecule has 0 bridgehead atoms. The molecule has 1 amide bonds. The van der Waals surface area contributed by atoms with E-state index in [-0.39, 0.29) is 5.91 Å². The predicted octanol–water partition coefficient (Wildman–Crippen LogP) is 2.44. The lowest BCUT2D eigenvalue weighted by Gasteiger charge is -2.11. The van der Waals surface area contributed by atoms with E-state index >= 15 is 0 Å². The molecule has 5 nitrogen and oxygen atoms in total. The van der Waals surface area contributed by atoms with Crippen molar-refractivity contribution in [2.75, 3.05) is 6.61 Å². The van der Waals surface area contributed by atoms with E-state index in [1.54, 1.807) is 0 Å². The van der Waals surface area contributed by atoms with Gasteiger partial charge in [0, 0.05) is 6.42 Å². The van der Waals surface area contributed by atoms with E-state index in [4.69, 9.17) is 9.84 Å². The van der Waals surface area contributed by atoms with Crippen molar-refractivity contribution in [1.82, 2.24) is 5.32 Å². The minimum Gasteiger partial charge on any atom is -0.493 e. The molecule has 116 valence electrons. The van der Waals surface area contributed by atoms with Gasteiger partial charge in [0.05, 0.1) is 6.61 Å². The second-order valence-electron chi connectivity index (χ2n) is 5.20. The number of aliphatic carboxylic acids is 1. The molecule has 1 atom stereocenters. The van der Waals surface area contributed by atoms with Crippen molar-refractivity contribution in [3.05, 3.63) is 29.3 Å². The fraction of sp³-hybridized carbons (Fsp3) is 0.500. The summed E-state index contributed by atoms with van der Waals surface area (Å²) < 4.78 is 5.69. The quantitative estimate of drug-likeness (QED) is 0.722. The van der Waals surface area contributed by atoms with E-state index in [2.05, 4.69) is 5.32 Å². The van der Waals surface area contributed by atoms with Crippen molar-refractivity contribution in [2.45, 2.75) is 46.1 Å². The highest BCUT2D eigenvalue weighted by Gasteiger charge is 2.13. The summed E-state index contributed by atoms with van der Waals surface area (Å²) in [5, 5.41) is 11.1. The summed E-state index contributed by atoms with van der Waals surface area (Å²) in [6, 6.07) is 5.21. The molecule has 0 aliphatic heterocycles. The van der Waals surface area contributed by atoms with Crippen LogP contribution in [0.1, 0.15) is 37.3 Å². The van der Waals surface area contributed by atoms with Crippen LogP contribution < -0.4 is 10.1 Å². The minimum atomic E-state index is -1.03. The summed E-state index contributed by atoms with van der Waals surface area (Å²) in [5.74, 6) is -0.391. The topological polar surface area (TPSA) is 75.6 Å². The minimum absolute atomic E-state index is 0.239. The Bertz CT molecular complexity index is 499. The highest BCUT2D eigenvalue weighted by molar-refractivity contribution is 5.83. The number of benzene rings is 1. The van der Waals surface area contributed by atoms with Crippen molar-refractivity contribution in [1.29, 1.82) is 0 Å². The number of carbonyl (C=O) groups excluding carboxylic acids is 1. The average molecular weight is 293 g/mol. The van der Waals surface area contributed by atoms with E-state index in [9.17, 15) is 9.59 Å². The van der Waals surface area contributed by atoms with Crippen molar-refractivity contribution in [2.24, 2.45) is 0 Å². The molecule has 0 aromatic heterocycles. The van der Waals surface area contributed by atoms with E-state index < -0.39 is 12.0 Å². The zero-order chi connectivity index (χ0) is 15.8. The maximum atomic E-state index is 11.5. The highest BCUT2D eigenvalue weighted by Crippen LogP contribution is 2.19. The molecule has 0 aliphatic carbocycles. The number of carboxylic acids is 1. The average Bonchev–Trinajstić information content (AvgIpc) is 2.42. The Kier molecular flexibility index (Phi) is 6.72. The van der Waals surface area contributed by atoms with Gasteiger partial charge in [-0.1, -0.05) is 12.1 Å². The Hall–Kier alpha value is -2.04. The van der Waals surface area contributed by atoms with Crippen LogP contribution in [-0.4, -0.2) is 29.6 Å². The van der Waals surface area contributed by atoms with Crippen molar-refractivity contribution >= 4 is 11.9 Å². The monoisotopic (exact) mass is 293 g/mol. The summed E-state index contributed by atoms with van der Waals surface area (Å²) in [4.78, 5) is 22.1. The second-order valence-corrected chi connectivity index (χ2v) is 5.20. The van der Waals surface area contributed by atoms with Crippen molar-refractivity contribution < 1.29 is 19.4 Å². The SMILES string of the molecule is Cc1ccc(C)c(OCCCCC(=O)N[C@@H](C)C(=O)O)c1. The number of hydrogen-bond acceptors (Lipinski definition) is 3. The first kappa shape index (κ1) is 17.0. The second kappa shape index (κ2) is 8.29. The number of ether oxygens (including phenoxy) is 1. The van der Waals surface area contributed by atoms with Gasteiger partial charge >= 0.3 is 5.97 Å². The van der Waals surface area contributed by atoms with Crippen LogP contribution in [-0.2, 0) is 9.59 Å². The first-order valence-electron chi connectivity index (χ1n) is 7.12. The lowest BCUT2D eigenvalue weighted by Crippen LogP contribution is -2.38. The number of amides is 1. The maximum absolute atomic E-state index is 11.5. The largest absolute Gasteiger partial charge is 0.493 e. The van der Waals surface area contributed by atoms with Crippen LogP contribution in [0.2, 0.25) is 0 Å². The third kappa shape index (κ3) is 6.29. The van der Waals surface area contributed by atoms with Gasteiger partial charge in [-0.2, -0.15) is 0 Å². The van der Waals surface area contributed by atoms with Gasteiger partial charge in [-0.05, 0) is 50.8 Å². The third-order valence-corrected chi connectivity index (χ3v) is 3.15. The summed E-state index contributed by atoms with van der Waals surface area (Å²) in [6.07, 6.45) is 1.74. The van der Waals surface area contributed by atoms with E-state index in [0.29, 0.717) is 19.4 Å². The third-order valence-electron chi connectivity index (χ3n) is 3.15. The Morgan fingerprint density at radius 2 is 2.00 bits per heavy atom. The van der Waals surface area contributed by atoms with Crippen LogP contribution in [0.4, 0.5) is 0 Å². The number of hydrogen-bond donors (Lipinski definition) is 2. The van der Waals surface area contributed by atoms with Gasteiger partial charge in [0.25, 0.3) is 0 Å². The van der Waals surface area contributed by atoms with Gasteiger partial charge in [-0.15, -0.1) is 0 Å². The Morgan fingerprint density at radius 1 is 1.29 bits per heavy atom. The molecule has 0 heterocycles. The predicted molar refractivity (Wildman–Crippen MR) is 80.5 cm³/mol. The van der Waals surface area contributed by atoms with Gasteiger partial charge in [0.1, 0.15) is 11.8 Å². The van der Waals surface area contributed by atoms with Crippen molar-refractivity contribution in [3.63, 3.8) is 0 Å². The number of unbranched alkanes of at least 4 members (excludes halogenated alkanes) is 1. The van der Waals surface area contributed by atoms with Crippen LogP contribution in [0.5, 0.6) is 5.75 Å². The highest BCUT2D eigenvalue weighted by atomic mass is 16.5. The molecule has 1 aromatic rings. The normalized spacial score (nSPS) is 11.8. The molecular formula is C16H23NO4. The zero-order valence-electron chi connectivity index (χ0n) is 12.8. The molecular weight excluding hydrogens is 270 g/mol. The Balaban J connectivity index is 2.21. The number of aryl methyl sites for hydroxylation is 2. The summed E-state index contributed by atoms with van der Waals surface area (Å²) in [7, 11) is 0. The molecule has 0 fully saturated rings. The number of carboxylic acid groups (broad SMARTS) is 1. The molecule has 1 aromatic carbocycles. The van der Waals surface area contributed by atoms with Crippen LogP contribution in [0.15, 0.2) is 18.2 Å². The molecule has 0 unspecified atom stereocenters. The number of rotatable bonds is 8. The van der Waals surface area contributed by atoms with Crippen LogP contribution in [0.25, 0.3) is 0 Å². The van der Waals surface area contributed by atoms with Gasteiger partial charge in [-0.3, -0.25) is 9.59 Å². The van der Waals surface area contributed by atoms with Gasteiger partial charge in [0.2, 0.25) is 5.91 Å². The van der Waals surface area contributed by atoms with Gasteiger partial charge in [-0.25, -0.2) is 0 Å². The smallest absolute Gasteiger partial charge is 0.325 e. The first-order chi connectivity index (χ1) is 9.90. The number of nitrogens with one attached hydrogen (secondary N) is 1.